The van der Waals surface area contributed by atoms with Crippen LogP contribution < -0.4 is 0 Å². The van der Waals surface area contributed by atoms with Crippen molar-refractivity contribution in [2.45, 2.75) is 12.8 Å². The van der Waals surface area contributed by atoms with Gasteiger partial charge in [0.1, 0.15) is 0 Å². The van der Waals surface area contributed by atoms with Gasteiger partial charge >= 0.3 is 0 Å². The quantitative estimate of drug-likeness (QED) is 0.500. The van der Waals surface area contributed by atoms with Crippen molar-refractivity contribution in [2.24, 2.45) is 11.8 Å². The molecule has 0 spiro atoms. The van der Waals surface area contributed by atoms with E-state index >= 15 is 0 Å². The first-order chi connectivity index (χ1) is 4.90. The lowest BCUT2D eigenvalue weighted by Crippen LogP contribution is -2.22. The van der Waals surface area contributed by atoms with Gasteiger partial charge in [-0.1, -0.05) is 0 Å². The molecule has 10 heavy (non-hydrogen) atoms. The molecule has 0 N–H and O–H groups in total. The highest BCUT2D eigenvalue weighted by atomic mass is 15.2. The van der Waals surface area contributed by atoms with Gasteiger partial charge in [-0.15, -0.1) is 0 Å². The Morgan fingerprint density at radius 2 is 1.90 bits per heavy atom. The molecule has 0 radical (unpaired) electrons. The molecule has 2 atom stereocenters. The van der Waals surface area contributed by atoms with Crippen LogP contribution in [0.3, 0.4) is 0 Å². The maximum Gasteiger partial charge on any atom is 0.0866 e. The minimum absolute atomic E-state index is 0.646. The van der Waals surface area contributed by atoms with Crippen LogP contribution in [0.1, 0.15) is 12.8 Å². The number of hydrogen-bond donors (Lipinski definition) is 0. The normalized spacial score (nSPS) is 38.3. The SMILES string of the molecule is N#CCN1CC2CC[C@@H]2C1. The van der Waals surface area contributed by atoms with Crippen molar-refractivity contribution in [1.82, 2.24) is 4.90 Å². The highest BCUT2D eigenvalue weighted by Crippen LogP contribution is 2.39. The van der Waals surface area contributed by atoms with Crippen molar-refractivity contribution in [2.75, 3.05) is 19.6 Å². The fourth-order valence-electron chi connectivity index (χ4n) is 2.09. The fourth-order valence-corrected chi connectivity index (χ4v) is 2.09. The first-order valence-electron chi connectivity index (χ1n) is 3.99. The Hall–Kier alpha value is -0.550. The van der Waals surface area contributed by atoms with Gasteiger partial charge in [-0.2, -0.15) is 5.26 Å². The molecule has 1 saturated carbocycles. The average molecular weight is 136 g/mol. The number of hydrogen-bond acceptors (Lipinski definition) is 2. The molecule has 1 heterocycles. The van der Waals surface area contributed by atoms with E-state index in [0.717, 1.165) is 11.8 Å². The van der Waals surface area contributed by atoms with E-state index in [0.29, 0.717) is 6.54 Å². The van der Waals surface area contributed by atoms with E-state index in [1.165, 1.54) is 25.9 Å². The van der Waals surface area contributed by atoms with E-state index in [-0.39, 0.29) is 0 Å². The van der Waals surface area contributed by atoms with E-state index in [4.69, 9.17) is 5.26 Å². The van der Waals surface area contributed by atoms with Crippen molar-refractivity contribution in [3.8, 4) is 6.07 Å². The topological polar surface area (TPSA) is 27.0 Å². The van der Waals surface area contributed by atoms with Crippen LogP contribution in [0.2, 0.25) is 0 Å². The molecule has 1 saturated heterocycles. The molecule has 2 aliphatic rings. The van der Waals surface area contributed by atoms with Gasteiger partial charge in [-0.25, -0.2) is 0 Å². The van der Waals surface area contributed by atoms with E-state index in [1.54, 1.807) is 0 Å². The molecule has 0 amide bonds. The molecule has 2 heteroatoms. The molecule has 1 unspecified atom stereocenters. The van der Waals surface area contributed by atoms with Crippen LogP contribution >= 0.6 is 0 Å². The van der Waals surface area contributed by atoms with Gasteiger partial charge in [0.2, 0.25) is 0 Å². The summed E-state index contributed by atoms with van der Waals surface area (Å²) in [7, 11) is 0. The molecule has 1 aliphatic heterocycles. The Labute approximate surface area is 61.4 Å². The zero-order valence-electron chi connectivity index (χ0n) is 6.08. The first kappa shape index (κ1) is 6.18. The summed E-state index contributed by atoms with van der Waals surface area (Å²) in [5.41, 5.74) is 0. The lowest BCUT2D eigenvalue weighted by molar-refractivity contribution is 0.243. The third-order valence-electron chi connectivity index (χ3n) is 2.85. The molecule has 54 valence electrons. The van der Waals surface area contributed by atoms with Crippen LogP contribution in [0, 0.1) is 23.2 Å². The van der Waals surface area contributed by atoms with E-state index in [9.17, 15) is 0 Å². The summed E-state index contributed by atoms with van der Waals surface area (Å²) in [4.78, 5) is 2.28. The lowest BCUT2D eigenvalue weighted by atomic mass is 9.77. The summed E-state index contributed by atoms with van der Waals surface area (Å²) in [6, 6.07) is 2.20. The van der Waals surface area contributed by atoms with Crippen molar-refractivity contribution in [3.05, 3.63) is 0 Å². The van der Waals surface area contributed by atoms with Crippen molar-refractivity contribution < 1.29 is 0 Å². The molecule has 2 fully saturated rings. The minimum Gasteiger partial charge on any atom is -0.290 e. The van der Waals surface area contributed by atoms with Crippen LogP contribution in [0.25, 0.3) is 0 Å². The van der Waals surface area contributed by atoms with Crippen LogP contribution in [0.5, 0.6) is 0 Å². The van der Waals surface area contributed by atoms with Gasteiger partial charge < -0.3 is 0 Å². The second-order valence-electron chi connectivity index (χ2n) is 3.45. The molecule has 1 aliphatic carbocycles. The Balaban J connectivity index is 1.88. The van der Waals surface area contributed by atoms with Crippen molar-refractivity contribution in [3.63, 3.8) is 0 Å². The van der Waals surface area contributed by atoms with Crippen LogP contribution in [0.15, 0.2) is 0 Å². The maximum absolute atomic E-state index is 8.43. The largest absolute Gasteiger partial charge is 0.290 e. The Morgan fingerprint density at radius 3 is 2.30 bits per heavy atom. The van der Waals surface area contributed by atoms with E-state index < -0.39 is 0 Å². The summed E-state index contributed by atoms with van der Waals surface area (Å²) in [5.74, 6) is 1.90. The van der Waals surface area contributed by atoms with Gasteiger partial charge in [0.25, 0.3) is 0 Å². The molecule has 0 aromatic carbocycles. The summed E-state index contributed by atoms with van der Waals surface area (Å²) < 4.78 is 0. The van der Waals surface area contributed by atoms with Crippen molar-refractivity contribution >= 4 is 0 Å². The molecular formula is C8H12N2. The van der Waals surface area contributed by atoms with E-state index in [2.05, 4.69) is 11.0 Å². The van der Waals surface area contributed by atoms with Crippen LogP contribution in [-0.4, -0.2) is 24.5 Å². The second-order valence-corrected chi connectivity index (χ2v) is 3.45. The van der Waals surface area contributed by atoms with Gasteiger partial charge in [0.05, 0.1) is 12.6 Å². The average Bonchev–Trinajstić information content (AvgIpc) is 2.14. The summed E-state index contributed by atoms with van der Waals surface area (Å²) in [6.07, 6.45) is 2.82. The molecular weight excluding hydrogens is 124 g/mol. The molecule has 0 aromatic heterocycles. The minimum atomic E-state index is 0.646. The number of rotatable bonds is 1. The molecule has 0 aromatic rings. The van der Waals surface area contributed by atoms with Crippen LogP contribution in [0.4, 0.5) is 0 Å². The van der Waals surface area contributed by atoms with Crippen molar-refractivity contribution in [1.29, 1.82) is 5.26 Å². The Morgan fingerprint density at radius 1 is 1.30 bits per heavy atom. The third-order valence-corrected chi connectivity index (χ3v) is 2.85. The van der Waals surface area contributed by atoms with Gasteiger partial charge in [-0.3, -0.25) is 4.90 Å². The van der Waals surface area contributed by atoms with Crippen LogP contribution in [-0.2, 0) is 0 Å². The predicted molar refractivity (Wildman–Crippen MR) is 38.3 cm³/mol. The number of nitriles is 1. The van der Waals surface area contributed by atoms with Gasteiger partial charge in [0.15, 0.2) is 0 Å². The summed E-state index contributed by atoms with van der Waals surface area (Å²) in [5, 5.41) is 8.43. The number of fused-ring (bicyclic) bond motifs is 1. The van der Waals surface area contributed by atoms with E-state index in [1.807, 2.05) is 0 Å². The number of likely N-dealkylation sites (tertiary alicyclic amines) is 1. The smallest absolute Gasteiger partial charge is 0.0866 e. The Kier molecular flexibility index (Phi) is 1.39. The standard InChI is InChI=1S/C8H12N2/c9-3-4-10-5-7-1-2-8(7)6-10/h7-8H,1-2,4-6H2/t7-,8?/m1/s1. The molecule has 2 nitrogen and oxygen atoms in total. The zero-order chi connectivity index (χ0) is 6.97. The molecule has 0 bridgehead atoms. The maximum atomic E-state index is 8.43. The second kappa shape index (κ2) is 2.25. The molecule has 2 rings (SSSR count). The highest BCUT2D eigenvalue weighted by Gasteiger charge is 2.38. The summed E-state index contributed by atoms with van der Waals surface area (Å²) in [6.45, 7) is 3.03. The first-order valence-corrected chi connectivity index (χ1v) is 3.99. The predicted octanol–water partition coefficient (Wildman–Crippen LogP) is 0.852. The highest BCUT2D eigenvalue weighted by molar-refractivity contribution is 4.93. The van der Waals surface area contributed by atoms with Gasteiger partial charge in [-0.05, 0) is 24.7 Å². The summed E-state index contributed by atoms with van der Waals surface area (Å²) >= 11 is 0. The monoisotopic (exact) mass is 136 g/mol. The fraction of sp³-hybridized carbons (Fsp3) is 0.875. The Bertz CT molecular complexity index is 159. The van der Waals surface area contributed by atoms with Gasteiger partial charge in [0, 0.05) is 13.1 Å². The zero-order valence-corrected chi connectivity index (χ0v) is 6.08. The lowest BCUT2D eigenvalue weighted by Gasteiger charge is -2.28. The third kappa shape index (κ3) is 0.819. The number of nitrogens with zero attached hydrogens (tertiary/aromatic N) is 2.